The fourth-order valence-electron chi connectivity index (χ4n) is 6.60. The minimum absolute atomic E-state index is 1.18. The lowest BCUT2D eigenvalue weighted by molar-refractivity contribution is 1.17. The molecule has 0 atom stereocenters. The van der Waals surface area contributed by atoms with Crippen molar-refractivity contribution in [1.29, 1.82) is 0 Å². The van der Waals surface area contributed by atoms with Gasteiger partial charge in [0.2, 0.25) is 0 Å². The van der Waals surface area contributed by atoms with Gasteiger partial charge in [-0.3, -0.25) is 0 Å². The number of hydrogen-bond acceptors (Lipinski definition) is 0. The largest absolute Gasteiger partial charge is 0.309 e. The lowest BCUT2D eigenvalue weighted by atomic mass is 10.0. The van der Waals surface area contributed by atoms with E-state index in [-0.39, 0.29) is 0 Å². The molecule has 2 heteroatoms. The van der Waals surface area contributed by atoms with Gasteiger partial charge in [0.25, 0.3) is 0 Å². The Labute approximate surface area is 245 Å². The highest BCUT2D eigenvalue weighted by atomic mass is 15.0. The lowest BCUT2D eigenvalue weighted by Gasteiger charge is -2.11. The molecular formula is C40H30N2. The Morgan fingerprint density at radius 1 is 0.452 bits per heavy atom. The van der Waals surface area contributed by atoms with Crippen LogP contribution in [0.3, 0.4) is 0 Å². The van der Waals surface area contributed by atoms with E-state index in [1.165, 1.54) is 77.2 Å². The molecule has 0 aliphatic rings. The molecule has 6 aromatic carbocycles. The van der Waals surface area contributed by atoms with Gasteiger partial charge in [0.05, 0.1) is 22.1 Å². The summed E-state index contributed by atoms with van der Waals surface area (Å²) in [4.78, 5) is 0. The summed E-state index contributed by atoms with van der Waals surface area (Å²) in [5.74, 6) is 0. The van der Waals surface area contributed by atoms with Gasteiger partial charge in [-0.1, -0.05) is 84.9 Å². The molecule has 8 aromatic rings. The standard InChI is InChI=1S/C40H30N2/c1-3-11-28-18-21-32(24-27(28)2)42-38-17-10-8-15-34(38)36-26-30(20-23-40(36)42)29-19-22-39-35(25-29)33-14-7-9-16-37(33)41(39)31-12-5-4-6-13-31/h3-26H,1-2H3/b11-3-. The fourth-order valence-corrected chi connectivity index (χ4v) is 6.60. The Bertz CT molecular complexity index is 2310. The van der Waals surface area contributed by atoms with Crippen molar-refractivity contribution >= 4 is 49.7 Å². The highest BCUT2D eigenvalue weighted by molar-refractivity contribution is 6.12. The van der Waals surface area contributed by atoms with Gasteiger partial charge in [-0.15, -0.1) is 0 Å². The van der Waals surface area contributed by atoms with E-state index in [0.29, 0.717) is 0 Å². The monoisotopic (exact) mass is 538 g/mol. The van der Waals surface area contributed by atoms with Gasteiger partial charge in [-0.25, -0.2) is 0 Å². The van der Waals surface area contributed by atoms with E-state index in [1.54, 1.807) is 0 Å². The predicted octanol–water partition coefficient (Wildman–Crippen LogP) is 10.9. The van der Waals surface area contributed by atoms with Crippen molar-refractivity contribution in [2.75, 3.05) is 0 Å². The normalized spacial score (nSPS) is 12.0. The van der Waals surface area contributed by atoms with E-state index in [2.05, 4.69) is 169 Å². The molecule has 0 saturated carbocycles. The molecule has 2 heterocycles. The second-order valence-corrected chi connectivity index (χ2v) is 11.0. The zero-order valence-electron chi connectivity index (χ0n) is 23.8. The minimum atomic E-state index is 1.18. The van der Waals surface area contributed by atoms with Crippen LogP contribution in [0.25, 0.3) is 72.2 Å². The highest BCUT2D eigenvalue weighted by Crippen LogP contribution is 2.38. The summed E-state index contributed by atoms with van der Waals surface area (Å²) in [5, 5.41) is 5.08. The first-order valence-electron chi connectivity index (χ1n) is 14.6. The van der Waals surface area contributed by atoms with Gasteiger partial charge in [0.15, 0.2) is 0 Å². The SMILES string of the molecule is C/C=C\c1ccc(-n2c3ccccc3c3cc(-c4ccc5c(c4)c4ccccc4n5-c4ccccc4)ccc32)cc1C. The molecular weight excluding hydrogens is 508 g/mol. The van der Waals surface area contributed by atoms with Gasteiger partial charge < -0.3 is 9.13 Å². The maximum Gasteiger partial charge on any atom is 0.0541 e. The maximum absolute atomic E-state index is 2.40. The summed E-state index contributed by atoms with van der Waals surface area (Å²) in [6, 6.07) is 48.7. The quantitative estimate of drug-likeness (QED) is 0.211. The van der Waals surface area contributed by atoms with E-state index < -0.39 is 0 Å². The number of aromatic nitrogens is 2. The molecule has 2 nitrogen and oxygen atoms in total. The molecule has 0 fully saturated rings. The van der Waals surface area contributed by atoms with Crippen molar-refractivity contribution in [2.24, 2.45) is 0 Å². The van der Waals surface area contributed by atoms with Crippen LogP contribution in [0.2, 0.25) is 0 Å². The molecule has 0 aliphatic carbocycles. The molecule has 0 unspecified atom stereocenters. The first-order valence-corrected chi connectivity index (χ1v) is 14.6. The van der Waals surface area contributed by atoms with Crippen LogP contribution in [0.15, 0.2) is 140 Å². The average molecular weight is 539 g/mol. The van der Waals surface area contributed by atoms with Crippen LogP contribution in [0.4, 0.5) is 0 Å². The summed E-state index contributed by atoms with van der Waals surface area (Å²) in [7, 11) is 0. The molecule has 8 rings (SSSR count). The molecule has 0 aliphatic heterocycles. The summed E-state index contributed by atoms with van der Waals surface area (Å²) in [5.41, 5.74) is 12.3. The zero-order chi connectivity index (χ0) is 28.2. The fraction of sp³-hybridized carbons (Fsp3) is 0.0500. The van der Waals surface area contributed by atoms with E-state index in [1.807, 2.05) is 0 Å². The topological polar surface area (TPSA) is 9.86 Å². The second-order valence-electron chi connectivity index (χ2n) is 11.0. The molecule has 0 saturated heterocycles. The smallest absolute Gasteiger partial charge is 0.0541 e. The Balaban J connectivity index is 1.32. The third kappa shape index (κ3) is 3.73. The van der Waals surface area contributed by atoms with Gasteiger partial charge in [-0.05, 0) is 96.8 Å². The van der Waals surface area contributed by atoms with E-state index >= 15 is 0 Å². The first-order chi connectivity index (χ1) is 20.7. The molecule has 0 N–H and O–H groups in total. The third-order valence-corrected chi connectivity index (χ3v) is 8.55. The molecule has 42 heavy (non-hydrogen) atoms. The van der Waals surface area contributed by atoms with Crippen LogP contribution < -0.4 is 0 Å². The molecule has 0 bridgehead atoms. The Morgan fingerprint density at radius 3 is 1.55 bits per heavy atom. The van der Waals surface area contributed by atoms with Crippen LogP contribution in [-0.4, -0.2) is 9.13 Å². The van der Waals surface area contributed by atoms with Crippen molar-refractivity contribution in [3.63, 3.8) is 0 Å². The van der Waals surface area contributed by atoms with Crippen molar-refractivity contribution in [1.82, 2.24) is 9.13 Å². The molecule has 2 aromatic heterocycles. The van der Waals surface area contributed by atoms with Gasteiger partial charge >= 0.3 is 0 Å². The van der Waals surface area contributed by atoms with Crippen molar-refractivity contribution in [2.45, 2.75) is 13.8 Å². The van der Waals surface area contributed by atoms with E-state index in [0.717, 1.165) is 0 Å². The number of aryl methyl sites for hydroxylation is 1. The zero-order valence-corrected chi connectivity index (χ0v) is 23.8. The van der Waals surface area contributed by atoms with Gasteiger partial charge in [0, 0.05) is 32.9 Å². The molecule has 0 spiro atoms. The number of para-hydroxylation sites is 3. The predicted molar refractivity (Wildman–Crippen MR) is 180 cm³/mol. The second kappa shape index (κ2) is 9.64. The number of rotatable bonds is 4. The van der Waals surface area contributed by atoms with Crippen LogP contribution in [0.5, 0.6) is 0 Å². The first kappa shape index (κ1) is 24.5. The molecule has 200 valence electrons. The van der Waals surface area contributed by atoms with Crippen LogP contribution in [-0.2, 0) is 0 Å². The summed E-state index contributed by atoms with van der Waals surface area (Å²) >= 11 is 0. The number of allylic oxidation sites excluding steroid dienone is 1. The highest BCUT2D eigenvalue weighted by Gasteiger charge is 2.16. The van der Waals surface area contributed by atoms with Gasteiger partial charge in [0.1, 0.15) is 0 Å². The Morgan fingerprint density at radius 2 is 0.976 bits per heavy atom. The summed E-state index contributed by atoms with van der Waals surface area (Å²) < 4.78 is 4.77. The molecule has 0 amide bonds. The number of nitrogens with zero attached hydrogens (tertiary/aromatic N) is 2. The maximum atomic E-state index is 2.40. The van der Waals surface area contributed by atoms with Crippen molar-refractivity contribution in [3.05, 3.63) is 151 Å². The number of benzene rings is 6. The number of hydrogen-bond donors (Lipinski definition) is 0. The van der Waals surface area contributed by atoms with E-state index in [4.69, 9.17) is 0 Å². The van der Waals surface area contributed by atoms with Crippen LogP contribution >= 0.6 is 0 Å². The summed E-state index contributed by atoms with van der Waals surface area (Å²) in [6.45, 7) is 4.26. The Hall–Kier alpha value is -5.34. The summed E-state index contributed by atoms with van der Waals surface area (Å²) in [6.07, 6.45) is 4.27. The van der Waals surface area contributed by atoms with Crippen molar-refractivity contribution < 1.29 is 0 Å². The number of fused-ring (bicyclic) bond motifs is 6. The lowest BCUT2D eigenvalue weighted by Crippen LogP contribution is -1.95. The molecule has 0 radical (unpaired) electrons. The van der Waals surface area contributed by atoms with Crippen LogP contribution in [0.1, 0.15) is 18.1 Å². The third-order valence-electron chi connectivity index (χ3n) is 8.55. The van der Waals surface area contributed by atoms with Crippen LogP contribution in [0, 0.1) is 6.92 Å². The minimum Gasteiger partial charge on any atom is -0.309 e. The van der Waals surface area contributed by atoms with Gasteiger partial charge in [-0.2, -0.15) is 0 Å². The average Bonchev–Trinajstić information content (AvgIpc) is 3.55. The van der Waals surface area contributed by atoms with Crippen molar-refractivity contribution in [3.8, 4) is 22.5 Å². The van der Waals surface area contributed by atoms with E-state index in [9.17, 15) is 0 Å². The Kier molecular flexibility index (Phi) is 5.61.